The van der Waals surface area contributed by atoms with Gasteiger partial charge in [0.05, 0.1) is 34.3 Å². The molecule has 3 aromatic rings. The van der Waals surface area contributed by atoms with Gasteiger partial charge in [-0.1, -0.05) is 0 Å². The third-order valence-electron chi connectivity index (χ3n) is 2.89. The van der Waals surface area contributed by atoms with Gasteiger partial charge in [0.2, 0.25) is 0 Å². The highest BCUT2D eigenvalue weighted by Crippen LogP contribution is 2.24. The summed E-state index contributed by atoms with van der Waals surface area (Å²) in [6.07, 6.45) is 3.82. The SMILES string of the molecule is COc1ccc(N)c(S(=O)Cc2cn3ccsc3n2)c1. The summed E-state index contributed by atoms with van der Waals surface area (Å²) in [5.74, 6) is 0.986. The quantitative estimate of drug-likeness (QED) is 0.751. The number of ether oxygens (including phenoxy) is 1. The molecule has 0 spiro atoms. The van der Waals surface area contributed by atoms with Crippen LogP contribution in [0.3, 0.4) is 0 Å². The molecule has 7 heteroatoms. The molecule has 0 aliphatic carbocycles. The number of fused-ring (bicyclic) bond motifs is 1. The molecule has 1 aromatic carbocycles. The van der Waals surface area contributed by atoms with Crippen molar-refractivity contribution < 1.29 is 8.95 Å². The molecule has 0 fully saturated rings. The Hall–Kier alpha value is -1.86. The molecule has 0 amide bonds. The first-order valence-corrected chi connectivity index (χ1v) is 8.10. The van der Waals surface area contributed by atoms with Gasteiger partial charge in [0.1, 0.15) is 5.75 Å². The lowest BCUT2D eigenvalue weighted by molar-refractivity contribution is 0.413. The van der Waals surface area contributed by atoms with Gasteiger partial charge in [0.15, 0.2) is 4.96 Å². The van der Waals surface area contributed by atoms with Crippen molar-refractivity contribution in [1.29, 1.82) is 0 Å². The van der Waals surface area contributed by atoms with Gasteiger partial charge in [-0.15, -0.1) is 11.3 Å². The zero-order valence-corrected chi connectivity index (χ0v) is 12.4. The molecular formula is C13H13N3O2S2. The number of anilines is 1. The molecule has 0 aliphatic rings. The maximum Gasteiger partial charge on any atom is 0.193 e. The second-order valence-electron chi connectivity index (χ2n) is 4.22. The number of nitrogen functional groups attached to an aromatic ring is 1. The van der Waals surface area contributed by atoms with E-state index in [0.29, 0.717) is 22.1 Å². The number of imidazole rings is 1. The van der Waals surface area contributed by atoms with Gasteiger partial charge in [-0.05, 0) is 18.2 Å². The largest absolute Gasteiger partial charge is 0.497 e. The van der Waals surface area contributed by atoms with Crippen LogP contribution in [0.25, 0.3) is 4.96 Å². The Morgan fingerprint density at radius 3 is 3.10 bits per heavy atom. The van der Waals surface area contributed by atoms with Gasteiger partial charge in [-0.2, -0.15) is 0 Å². The maximum absolute atomic E-state index is 12.4. The fourth-order valence-corrected chi connectivity index (χ4v) is 3.76. The predicted octanol–water partition coefficient (Wildman–Crippen LogP) is 2.29. The third-order valence-corrected chi connectivity index (χ3v) is 5.06. The lowest BCUT2D eigenvalue weighted by atomic mass is 10.3. The van der Waals surface area contributed by atoms with Crippen molar-refractivity contribution in [2.24, 2.45) is 0 Å². The van der Waals surface area contributed by atoms with Crippen molar-refractivity contribution in [2.45, 2.75) is 10.6 Å². The van der Waals surface area contributed by atoms with E-state index in [0.717, 1.165) is 10.7 Å². The first-order chi connectivity index (χ1) is 9.67. The van der Waals surface area contributed by atoms with E-state index in [1.54, 1.807) is 36.6 Å². The Labute approximate surface area is 122 Å². The Balaban J connectivity index is 1.87. The number of thiazole rings is 1. The van der Waals surface area contributed by atoms with Gasteiger partial charge < -0.3 is 10.5 Å². The summed E-state index contributed by atoms with van der Waals surface area (Å²) in [5.41, 5.74) is 7.18. The summed E-state index contributed by atoms with van der Waals surface area (Å²) in [5, 5.41) is 1.96. The highest BCUT2D eigenvalue weighted by molar-refractivity contribution is 7.84. The van der Waals surface area contributed by atoms with E-state index in [4.69, 9.17) is 10.5 Å². The number of hydrogen-bond donors (Lipinski definition) is 1. The molecule has 1 atom stereocenters. The van der Waals surface area contributed by atoms with Crippen molar-refractivity contribution in [3.05, 3.63) is 41.7 Å². The Bertz CT molecular complexity index is 750. The summed E-state index contributed by atoms with van der Waals surface area (Å²) in [6.45, 7) is 0. The van der Waals surface area contributed by atoms with Crippen LogP contribution in [0.1, 0.15) is 5.69 Å². The van der Waals surface area contributed by atoms with E-state index in [1.165, 1.54) is 0 Å². The number of nitrogens with two attached hydrogens (primary N) is 1. The predicted molar refractivity (Wildman–Crippen MR) is 80.6 cm³/mol. The number of benzene rings is 1. The summed E-state index contributed by atoms with van der Waals surface area (Å²) < 4.78 is 19.5. The van der Waals surface area contributed by atoms with Crippen molar-refractivity contribution in [2.75, 3.05) is 12.8 Å². The van der Waals surface area contributed by atoms with Crippen LogP contribution in [0, 0.1) is 0 Å². The topological polar surface area (TPSA) is 69.6 Å². The van der Waals surface area contributed by atoms with Gasteiger partial charge in [0.25, 0.3) is 0 Å². The molecular weight excluding hydrogens is 294 g/mol. The molecule has 104 valence electrons. The molecule has 0 saturated heterocycles. The fraction of sp³-hybridized carbons (Fsp3) is 0.154. The number of aromatic nitrogens is 2. The van der Waals surface area contributed by atoms with Crippen molar-refractivity contribution in [3.63, 3.8) is 0 Å². The lowest BCUT2D eigenvalue weighted by Gasteiger charge is -2.07. The number of rotatable bonds is 4. The van der Waals surface area contributed by atoms with E-state index in [1.807, 2.05) is 22.2 Å². The molecule has 1 unspecified atom stereocenters. The standard InChI is InChI=1S/C13H13N3O2S2/c1-18-10-2-3-11(14)12(6-10)20(17)8-9-7-16-4-5-19-13(16)15-9/h2-7H,8,14H2,1H3. The number of nitrogens with zero attached hydrogens (tertiary/aromatic N) is 2. The van der Waals surface area contributed by atoms with Crippen molar-refractivity contribution >= 4 is 32.8 Å². The van der Waals surface area contributed by atoms with E-state index in [-0.39, 0.29) is 0 Å². The third kappa shape index (κ3) is 2.41. The molecule has 2 N–H and O–H groups in total. The van der Waals surface area contributed by atoms with Crippen LogP contribution in [-0.2, 0) is 16.6 Å². The molecule has 3 rings (SSSR count). The van der Waals surface area contributed by atoms with Crippen LogP contribution in [0.4, 0.5) is 5.69 Å². The first-order valence-electron chi connectivity index (χ1n) is 5.90. The van der Waals surface area contributed by atoms with Crippen LogP contribution >= 0.6 is 11.3 Å². The first kappa shape index (κ1) is 13.1. The molecule has 0 aliphatic heterocycles. The van der Waals surface area contributed by atoms with Gasteiger partial charge in [-0.3, -0.25) is 8.61 Å². The lowest BCUT2D eigenvalue weighted by Crippen LogP contribution is -2.01. The second-order valence-corrected chi connectivity index (χ2v) is 6.51. The number of hydrogen-bond acceptors (Lipinski definition) is 5. The maximum atomic E-state index is 12.4. The fourth-order valence-electron chi connectivity index (χ4n) is 1.90. The van der Waals surface area contributed by atoms with Crippen molar-refractivity contribution in [3.8, 4) is 5.75 Å². The minimum absolute atomic E-state index is 0.339. The van der Waals surface area contributed by atoms with Crippen LogP contribution < -0.4 is 10.5 Å². The molecule has 2 aromatic heterocycles. The van der Waals surface area contributed by atoms with E-state index < -0.39 is 10.8 Å². The van der Waals surface area contributed by atoms with Gasteiger partial charge >= 0.3 is 0 Å². The summed E-state index contributed by atoms with van der Waals surface area (Å²) in [6, 6.07) is 5.17. The van der Waals surface area contributed by atoms with E-state index in [9.17, 15) is 4.21 Å². The second kappa shape index (κ2) is 5.26. The highest BCUT2D eigenvalue weighted by Gasteiger charge is 2.13. The average Bonchev–Trinajstić information content (AvgIpc) is 3.00. The molecule has 20 heavy (non-hydrogen) atoms. The van der Waals surface area contributed by atoms with Crippen LogP contribution in [0.2, 0.25) is 0 Å². The molecule has 2 heterocycles. The Morgan fingerprint density at radius 2 is 2.35 bits per heavy atom. The normalized spacial score (nSPS) is 12.7. The van der Waals surface area contributed by atoms with Gasteiger partial charge in [-0.25, -0.2) is 4.98 Å². The van der Waals surface area contributed by atoms with E-state index in [2.05, 4.69) is 4.98 Å². The van der Waals surface area contributed by atoms with Crippen LogP contribution in [-0.4, -0.2) is 20.7 Å². The molecule has 5 nitrogen and oxygen atoms in total. The zero-order chi connectivity index (χ0) is 14.1. The minimum atomic E-state index is -1.24. The smallest absolute Gasteiger partial charge is 0.193 e. The zero-order valence-electron chi connectivity index (χ0n) is 10.8. The number of methoxy groups -OCH3 is 1. The highest BCUT2D eigenvalue weighted by atomic mass is 32.2. The summed E-state index contributed by atoms with van der Waals surface area (Å²) in [7, 11) is 0.326. The molecule has 0 radical (unpaired) electrons. The van der Waals surface area contributed by atoms with Gasteiger partial charge in [0, 0.05) is 23.5 Å². The molecule has 0 bridgehead atoms. The molecule has 0 saturated carbocycles. The van der Waals surface area contributed by atoms with E-state index >= 15 is 0 Å². The monoisotopic (exact) mass is 307 g/mol. The summed E-state index contributed by atoms with van der Waals surface area (Å²) >= 11 is 1.55. The Morgan fingerprint density at radius 1 is 1.50 bits per heavy atom. The van der Waals surface area contributed by atoms with Crippen molar-refractivity contribution in [1.82, 2.24) is 9.38 Å². The minimum Gasteiger partial charge on any atom is -0.497 e. The van der Waals surface area contributed by atoms with Crippen LogP contribution in [0.5, 0.6) is 5.75 Å². The summed E-state index contributed by atoms with van der Waals surface area (Å²) in [4.78, 5) is 5.91. The van der Waals surface area contributed by atoms with Crippen LogP contribution in [0.15, 0.2) is 40.9 Å². The Kier molecular flexibility index (Phi) is 3.45. The average molecular weight is 307 g/mol.